The molecule has 8 nitrogen and oxygen atoms in total. The summed E-state index contributed by atoms with van der Waals surface area (Å²) in [6.07, 6.45) is 2.62. The molecule has 2 amide bonds. The lowest BCUT2D eigenvalue weighted by Crippen LogP contribution is -2.38. The van der Waals surface area contributed by atoms with Crippen molar-refractivity contribution in [3.8, 4) is 0 Å². The molecule has 1 aliphatic heterocycles. The molecule has 8 heteroatoms. The van der Waals surface area contributed by atoms with Crippen LogP contribution in [-0.2, 0) is 4.79 Å². The number of nitrogens with one attached hydrogen (secondary N) is 1. The zero-order chi connectivity index (χ0) is 18.7. The number of carbonyl (C=O) groups is 2. The van der Waals surface area contributed by atoms with Crippen LogP contribution in [0.15, 0.2) is 46.1 Å². The number of hydrogen-bond acceptors (Lipinski definition) is 5. The van der Waals surface area contributed by atoms with E-state index in [1.165, 1.54) is 11.0 Å². The number of H-pyrrole nitrogens is 1. The number of aromatic nitrogens is 2. The van der Waals surface area contributed by atoms with Crippen molar-refractivity contribution in [2.24, 2.45) is 0 Å². The van der Waals surface area contributed by atoms with Crippen molar-refractivity contribution in [2.75, 3.05) is 25.0 Å². The Hall–Kier alpha value is -3.16. The van der Waals surface area contributed by atoms with Gasteiger partial charge in [0, 0.05) is 37.3 Å². The van der Waals surface area contributed by atoms with Crippen molar-refractivity contribution < 1.29 is 14.0 Å². The average Bonchev–Trinajstić information content (AvgIpc) is 3.13. The predicted molar refractivity (Wildman–Crippen MR) is 95.1 cm³/mol. The maximum atomic E-state index is 12.7. The Labute approximate surface area is 150 Å². The summed E-state index contributed by atoms with van der Waals surface area (Å²) in [6, 6.07) is 6.90. The lowest BCUT2D eigenvalue weighted by atomic mass is 9.96. The largest absolute Gasteiger partial charge is 0.434 e. The molecule has 0 bridgehead atoms. The van der Waals surface area contributed by atoms with Crippen LogP contribution in [0.2, 0.25) is 0 Å². The van der Waals surface area contributed by atoms with E-state index in [0.29, 0.717) is 43.1 Å². The molecule has 0 spiro atoms. The van der Waals surface area contributed by atoms with Crippen LogP contribution < -0.4 is 10.7 Å². The third kappa shape index (κ3) is 3.58. The molecule has 2 heterocycles. The number of likely N-dealkylation sites (N-methyl/N-ethyl adjacent to an activating group) is 1. The Morgan fingerprint density at radius 1 is 1.31 bits per heavy atom. The molecule has 1 aliphatic rings. The van der Waals surface area contributed by atoms with Crippen molar-refractivity contribution in [2.45, 2.75) is 18.8 Å². The third-order valence-electron chi connectivity index (χ3n) is 4.59. The first-order valence-corrected chi connectivity index (χ1v) is 8.34. The van der Waals surface area contributed by atoms with Crippen LogP contribution in [0.5, 0.6) is 0 Å². The molecule has 1 aromatic carbocycles. The topological polar surface area (TPSA) is 99.5 Å². The Bertz CT molecular complexity index is 860. The minimum atomic E-state index is -0.557. The molecule has 1 N–H and O–H groups in total. The number of carbonyl (C=O) groups excluding carboxylic acids is 2. The Kier molecular flexibility index (Phi) is 5.01. The summed E-state index contributed by atoms with van der Waals surface area (Å²) >= 11 is 0. The molecule has 1 aromatic heterocycles. The minimum absolute atomic E-state index is 0.0407. The lowest BCUT2D eigenvalue weighted by Gasteiger charge is -2.30. The monoisotopic (exact) mass is 356 g/mol. The average molecular weight is 356 g/mol. The van der Waals surface area contributed by atoms with Crippen molar-refractivity contribution >= 4 is 17.5 Å². The number of benzene rings is 1. The maximum absolute atomic E-state index is 12.7. The van der Waals surface area contributed by atoms with Crippen LogP contribution in [0.25, 0.3) is 0 Å². The first-order valence-electron chi connectivity index (χ1n) is 8.34. The molecule has 1 saturated heterocycles. The summed E-state index contributed by atoms with van der Waals surface area (Å²) in [5.41, 5.74) is 1.26. The smallest absolute Gasteiger partial charge is 0.392 e. The third-order valence-corrected chi connectivity index (χ3v) is 4.59. The van der Waals surface area contributed by atoms with Gasteiger partial charge in [-0.25, -0.2) is 9.89 Å². The number of amides is 2. The molecule has 0 atom stereocenters. The Morgan fingerprint density at radius 2 is 1.96 bits per heavy atom. The van der Waals surface area contributed by atoms with E-state index in [0.717, 1.165) is 0 Å². The number of anilines is 1. The van der Waals surface area contributed by atoms with Crippen LogP contribution >= 0.6 is 0 Å². The molecule has 3 rings (SSSR count). The van der Waals surface area contributed by atoms with Crippen LogP contribution in [0.3, 0.4) is 0 Å². The fraction of sp³-hybridized carbons (Fsp3) is 0.333. The quantitative estimate of drug-likeness (QED) is 0.838. The van der Waals surface area contributed by atoms with E-state index in [1.807, 2.05) is 0 Å². The predicted octanol–water partition coefficient (Wildman–Crippen LogP) is 1.53. The first-order chi connectivity index (χ1) is 12.5. The van der Waals surface area contributed by atoms with Crippen LogP contribution in [0.1, 0.15) is 35.0 Å². The van der Waals surface area contributed by atoms with Gasteiger partial charge in [0.25, 0.3) is 5.91 Å². The molecule has 0 aliphatic carbocycles. The number of nitrogens with zero attached hydrogens (tertiary/aromatic N) is 3. The molecule has 0 unspecified atom stereocenters. The Morgan fingerprint density at radius 3 is 2.50 bits per heavy atom. The SMILES string of the molecule is C=CC(=O)N(C)c1ccc(C(=O)N2CCC(c3n[nH]c(=O)o3)CC2)cc1. The summed E-state index contributed by atoms with van der Waals surface area (Å²) in [5.74, 6) is -0.383. The number of aromatic amines is 1. The van der Waals surface area contributed by atoms with Gasteiger partial charge in [0.05, 0.1) is 0 Å². The second kappa shape index (κ2) is 7.38. The summed E-state index contributed by atoms with van der Waals surface area (Å²) in [6.45, 7) is 4.59. The lowest BCUT2D eigenvalue weighted by molar-refractivity contribution is -0.113. The van der Waals surface area contributed by atoms with Crippen molar-refractivity contribution in [1.82, 2.24) is 15.1 Å². The van der Waals surface area contributed by atoms with Gasteiger partial charge in [-0.1, -0.05) is 6.58 Å². The summed E-state index contributed by atoms with van der Waals surface area (Å²) in [7, 11) is 1.65. The molecule has 1 fully saturated rings. The van der Waals surface area contributed by atoms with E-state index in [2.05, 4.69) is 16.8 Å². The van der Waals surface area contributed by atoms with Gasteiger partial charge in [-0.15, -0.1) is 5.10 Å². The van der Waals surface area contributed by atoms with Gasteiger partial charge in [0.15, 0.2) is 0 Å². The van der Waals surface area contributed by atoms with Crippen molar-refractivity contribution in [1.29, 1.82) is 0 Å². The number of hydrogen-bond donors (Lipinski definition) is 1. The minimum Gasteiger partial charge on any atom is -0.392 e. The van der Waals surface area contributed by atoms with Crippen molar-refractivity contribution in [3.05, 3.63) is 58.9 Å². The molecule has 0 saturated carbocycles. The van der Waals surface area contributed by atoms with Gasteiger partial charge in [-0.3, -0.25) is 9.59 Å². The standard InChI is InChI=1S/C18H20N4O4/c1-3-15(23)21(2)14-6-4-13(5-7-14)17(24)22-10-8-12(9-11-22)16-19-20-18(25)26-16/h3-7,12H,1,8-11H2,2H3,(H,20,25). The van der Waals surface area contributed by atoms with E-state index in [9.17, 15) is 14.4 Å². The van der Waals surface area contributed by atoms with Crippen LogP contribution in [0, 0.1) is 0 Å². The highest BCUT2D eigenvalue weighted by molar-refractivity contribution is 6.01. The summed E-state index contributed by atoms with van der Waals surface area (Å²) in [5, 5.41) is 6.13. The van der Waals surface area contributed by atoms with E-state index in [4.69, 9.17) is 4.42 Å². The molecule has 0 radical (unpaired) electrons. The van der Waals surface area contributed by atoms with Gasteiger partial charge < -0.3 is 14.2 Å². The molecular formula is C18H20N4O4. The van der Waals surface area contributed by atoms with Gasteiger partial charge in [-0.05, 0) is 43.2 Å². The number of rotatable bonds is 4. The van der Waals surface area contributed by atoms with E-state index in [-0.39, 0.29) is 17.7 Å². The zero-order valence-corrected chi connectivity index (χ0v) is 14.5. The highest BCUT2D eigenvalue weighted by atomic mass is 16.4. The highest BCUT2D eigenvalue weighted by Gasteiger charge is 2.27. The van der Waals surface area contributed by atoms with Crippen LogP contribution in [-0.4, -0.2) is 47.0 Å². The number of piperidine rings is 1. The van der Waals surface area contributed by atoms with E-state index < -0.39 is 5.76 Å². The van der Waals surface area contributed by atoms with Gasteiger partial charge >= 0.3 is 5.76 Å². The van der Waals surface area contributed by atoms with E-state index in [1.54, 1.807) is 36.2 Å². The maximum Gasteiger partial charge on any atom is 0.434 e. The second-order valence-electron chi connectivity index (χ2n) is 6.17. The molecular weight excluding hydrogens is 336 g/mol. The highest BCUT2D eigenvalue weighted by Crippen LogP contribution is 2.26. The normalized spacial score (nSPS) is 14.9. The van der Waals surface area contributed by atoms with Gasteiger partial charge in [-0.2, -0.15) is 0 Å². The summed E-state index contributed by atoms with van der Waals surface area (Å²) < 4.78 is 5.00. The van der Waals surface area contributed by atoms with Gasteiger partial charge in [0.1, 0.15) is 0 Å². The summed E-state index contributed by atoms with van der Waals surface area (Å²) in [4.78, 5) is 38.6. The van der Waals surface area contributed by atoms with Crippen LogP contribution in [0.4, 0.5) is 5.69 Å². The first kappa shape index (κ1) is 17.7. The second-order valence-corrected chi connectivity index (χ2v) is 6.17. The van der Waals surface area contributed by atoms with E-state index >= 15 is 0 Å². The molecule has 2 aromatic rings. The van der Waals surface area contributed by atoms with Gasteiger partial charge in [0.2, 0.25) is 11.8 Å². The molecule has 136 valence electrons. The zero-order valence-electron chi connectivity index (χ0n) is 14.5. The fourth-order valence-corrected chi connectivity index (χ4v) is 3.02. The number of likely N-dealkylation sites (tertiary alicyclic amines) is 1. The fourth-order valence-electron chi connectivity index (χ4n) is 3.02. The Balaban J connectivity index is 1.62. The van der Waals surface area contributed by atoms with Crippen molar-refractivity contribution in [3.63, 3.8) is 0 Å². The molecule has 26 heavy (non-hydrogen) atoms.